The van der Waals surface area contributed by atoms with Crippen LogP contribution in [0.2, 0.25) is 15.1 Å². The fourth-order valence-corrected chi connectivity index (χ4v) is 12.2. The lowest BCUT2D eigenvalue weighted by atomic mass is 10.0. The van der Waals surface area contributed by atoms with E-state index in [-0.39, 0.29) is 90.5 Å². The molecule has 3 saturated carbocycles. The fraction of sp³-hybridized carbons (Fsp3) is 0.238. The third kappa shape index (κ3) is 13.7. The van der Waals surface area contributed by atoms with Gasteiger partial charge in [0.05, 0.1) is 19.5 Å². The van der Waals surface area contributed by atoms with Gasteiger partial charge in [0.15, 0.2) is 0 Å². The number of rotatable bonds is 13. The highest BCUT2D eigenvalue weighted by Gasteiger charge is 2.46. The largest absolute Gasteiger partial charge is 0.384 e. The van der Waals surface area contributed by atoms with E-state index < -0.39 is 39.9 Å². The van der Waals surface area contributed by atoms with E-state index in [1.807, 2.05) is 0 Å². The first-order valence-electron chi connectivity index (χ1n) is 29.8. The number of anilines is 8. The van der Waals surface area contributed by atoms with Crippen molar-refractivity contribution in [3.8, 4) is 0 Å². The summed E-state index contributed by atoms with van der Waals surface area (Å²) in [5.41, 5.74) is 3.25. The molecule has 97 heavy (non-hydrogen) atoms. The maximum atomic E-state index is 13.4. The summed E-state index contributed by atoms with van der Waals surface area (Å²) in [4.78, 5) is 148. The van der Waals surface area contributed by atoms with Gasteiger partial charge in [-0.1, -0.05) is 53.0 Å². The number of nitrogen functional groups attached to an aromatic ring is 1. The van der Waals surface area contributed by atoms with Crippen LogP contribution in [0.4, 0.5) is 46.3 Å². The van der Waals surface area contributed by atoms with Crippen molar-refractivity contribution < 1.29 is 28.8 Å². The number of hydrogen-bond donors (Lipinski definition) is 9. The topological polar surface area (TPSA) is 407 Å². The lowest BCUT2D eigenvalue weighted by molar-refractivity contribution is -0.118. The maximum Gasteiger partial charge on any atom is 0.277 e. The molecule has 0 bridgehead atoms. The number of halogens is 4. The molecule has 6 aliphatic rings. The van der Waals surface area contributed by atoms with Crippen LogP contribution in [0.3, 0.4) is 0 Å². The normalized spacial score (nSPS) is 19.0. The number of carbonyl (C=O) groups is 6. The molecule has 3 fully saturated rings. The van der Waals surface area contributed by atoms with Gasteiger partial charge >= 0.3 is 0 Å². The van der Waals surface area contributed by atoms with Crippen LogP contribution in [0.15, 0.2) is 148 Å². The van der Waals surface area contributed by atoms with E-state index in [4.69, 9.17) is 40.5 Å². The van der Waals surface area contributed by atoms with Gasteiger partial charge in [-0.2, -0.15) is 0 Å². The van der Waals surface area contributed by atoms with E-state index in [9.17, 15) is 43.2 Å². The first kappa shape index (κ1) is 66.1. The number of hydrogen-bond acceptors (Lipinski definition) is 21. The molecular weight excluding hydrogens is 1380 g/mol. The minimum atomic E-state index is -1.17. The van der Waals surface area contributed by atoms with Crippen LogP contribution < -0.4 is 64.9 Å². The third-order valence-electron chi connectivity index (χ3n) is 16.3. The molecule has 6 amide bonds. The zero-order chi connectivity index (χ0) is 68.7. The van der Waals surface area contributed by atoms with Crippen LogP contribution in [0.25, 0.3) is 0 Å². The summed E-state index contributed by atoms with van der Waals surface area (Å²) in [5, 5.41) is 22.9. The van der Waals surface area contributed by atoms with Crippen molar-refractivity contribution in [2.75, 3.05) is 32.3 Å². The highest BCUT2D eigenvalue weighted by molar-refractivity contribution is 9.10. The second kappa shape index (κ2) is 26.7. The van der Waals surface area contributed by atoms with Crippen LogP contribution in [0.5, 0.6) is 0 Å². The summed E-state index contributed by atoms with van der Waals surface area (Å²) in [7, 11) is 0. The number of nitrogens with zero attached hydrogens (tertiary/aromatic N) is 12. The van der Waals surface area contributed by atoms with Crippen molar-refractivity contribution in [3.05, 3.63) is 213 Å². The summed E-state index contributed by atoms with van der Waals surface area (Å²) in [6, 6.07) is 19.3. The van der Waals surface area contributed by atoms with Crippen LogP contribution >= 0.6 is 50.7 Å². The molecule has 30 nitrogen and oxygen atoms in total. The Morgan fingerprint density at radius 3 is 1.12 bits per heavy atom. The van der Waals surface area contributed by atoms with Gasteiger partial charge in [-0.15, -0.1) is 0 Å². The van der Waals surface area contributed by atoms with Gasteiger partial charge in [-0.05, 0) is 112 Å². The summed E-state index contributed by atoms with van der Waals surface area (Å²) in [5.74, 6) is 0.834. The first-order chi connectivity index (χ1) is 46.4. The Hall–Kier alpha value is -10.9. The Morgan fingerprint density at radius 1 is 0.474 bits per heavy atom. The number of aromatic nitrogens is 12. The highest BCUT2D eigenvalue weighted by atomic mass is 79.9. The average Bonchev–Trinajstić information content (AvgIpc) is 1.61. The number of pyridine rings is 6. The second-order valence-corrected chi connectivity index (χ2v) is 25.4. The molecular formula is C63H55BrCl3N21O9. The van der Waals surface area contributed by atoms with E-state index >= 15 is 0 Å². The van der Waals surface area contributed by atoms with Crippen LogP contribution in [-0.4, -0.2) is 94.0 Å². The van der Waals surface area contributed by atoms with Crippen molar-refractivity contribution in [1.29, 1.82) is 0 Å². The van der Waals surface area contributed by atoms with Gasteiger partial charge in [0.2, 0.25) is 17.7 Å². The number of nitrogens with two attached hydrogens (primary N) is 1. The highest BCUT2D eigenvalue weighted by Crippen LogP contribution is 2.38. The third-order valence-corrected chi connectivity index (χ3v) is 17.7. The molecule has 3 aliphatic carbocycles. The van der Waals surface area contributed by atoms with E-state index in [1.165, 1.54) is 63.0 Å². The van der Waals surface area contributed by atoms with Crippen molar-refractivity contribution in [3.63, 3.8) is 0 Å². The molecule has 12 heterocycles. The molecule has 9 aromatic rings. The minimum absolute atomic E-state index is 0.0247. The smallest absolute Gasteiger partial charge is 0.277 e. The number of amides is 6. The van der Waals surface area contributed by atoms with E-state index in [0.29, 0.717) is 56.1 Å². The molecule has 0 spiro atoms. The maximum absolute atomic E-state index is 13.4. The van der Waals surface area contributed by atoms with Gasteiger partial charge in [0, 0.05) is 89.8 Å². The summed E-state index contributed by atoms with van der Waals surface area (Å²) < 4.78 is 4.29. The Bertz CT molecular complexity index is 4670. The van der Waals surface area contributed by atoms with Gasteiger partial charge in [-0.3, -0.25) is 71.8 Å². The molecule has 3 atom stereocenters. The second-order valence-electron chi connectivity index (χ2n) is 23.4. The van der Waals surface area contributed by atoms with Gasteiger partial charge < -0.3 is 48.3 Å². The van der Waals surface area contributed by atoms with Crippen LogP contribution in [-0.2, 0) is 31.4 Å². The van der Waals surface area contributed by atoms with Crippen LogP contribution in [0.1, 0.15) is 107 Å². The summed E-state index contributed by atoms with van der Waals surface area (Å²) in [6.07, 6.45) is 18.9. The fourth-order valence-electron chi connectivity index (χ4n) is 10.8. The van der Waals surface area contributed by atoms with Gasteiger partial charge in [-0.25, -0.2) is 29.9 Å². The van der Waals surface area contributed by atoms with Crippen molar-refractivity contribution in [1.82, 2.24) is 74.5 Å². The summed E-state index contributed by atoms with van der Waals surface area (Å²) in [6.45, 7) is 5.15. The van der Waals surface area contributed by atoms with Gasteiger partial charge in [0.25, 0.3) is 34.4 Å². The van der Waals surface area contributed by atoms with Crippen molar-refractivity contribution >= 4 is 132 Å². The monoisotopic (exact) mass is 1430 g/mol. The first-order valence-corrected chi connectivity index (χ1v) is 31.8. The Kier molecular flexibility index (Phi) is 18.2. The van der Waals surface area contributed by atoms with E-state index in [0.717, 1.165) is 38.5 Å². The van der Waals surface area contributed by atoms with E-state index in [2.05, 4.69) is 103 Å². The molecule has 34 heteroatoms. The zero-order valence-corrected chi connectivity index (χ0v) is 55.1. The lowest BCUT2D eigenvalue weighted by Gasteiger charge is -2.27. The van der Waals surface area contributed by atoms with Crippen molar-refractivity contribution in [2.24, 2.45) is 17.8 Å². The van der Waals surface area contributed by atoms with E-state index in [1.54, 1.807) is 100 Å². The molecule has 3 unspecified atom stereocenters. The Labute approximate surface area is 572 Å². The zero-order valence-electron chi connectivity index (χ0n) is 51.2. The van der Waals surface area contributed by atoms with Gasteiger partial charge in [0.1, 0.15) is 99.3 Å². The molecule has 0 saturated heterocycles. The molecule has 9 aromatic heterocycles. The Morgan fingerprint density at radius 2 is 0.794 bits per heavy atom. The quantitative estimate of drug-likeness (QED) is 0.0560. The predicted molar refractivity (Wildman–Crippen MR) is 359 cm³/mol. The Balaban J connectivity index is 0.000000130. The predicted octanol–water partition coefficient (Wildman–Crippen LogP) is 7.02. The lowest BCUT2D eigenvalue weighted by Crippen LogP contribution is -2.46. The number of carbonyl (C=O) groups excluding carboxylic acids is 6. The number of fused-ring (bicyclic) bond motifs is 3. The van der Waals surface area contributed by atoms with Crippen molar-refractivity contribution in [2.45, 2.75) is 76.3 Å². The molecule has 0 aromatic carbocycles. The molecule has 15 rings (SSSR count). The molecule has 494 valence electrons. The SMILES string of the molecule is CC1(c2cccnc2)NC(=O)c2c(Cl)cc(Br)c(=O)n21.CC1(c2cccnc2)NC(=O)c2c(Cl)cc(Nc3cc(NC(=O)C4CC4)ncn3)c(=O)n21.CC1(c2cccnc2)NC(=O)c2c(Cl)cc(Nc3cc(NC(=O)C4CC4)ncn3)c(=O)n21.Nc1cc(NC(=O)C2CC2)ncn1. The number of nitrogens with one attached hydrogen (secondary N) is 8. The van der Waals surface area contributed by atoms with Crippen LogP contribution in [0, 0.1) is 17.8 Å². The molecule has 3 aliphatic heterocycles. The standard InChI is InChI=1S/2C21H18ClN7O3.C13H9BrClN3O2.C8H10N4O/c2*1-21(12-3-2-6-23-9-12)28-19(31)17-13(22)7-14(20(32)29(17)21)26-15-8-16(25-10-24-15)27-18(30)11-4-5-11;1-13(7-3-2-4-16-6-7)17-11(19)10-9(15)5-8(14)12(20)18(10)13;9-6-3-7(11-4-10-6)12-8(13)5-1-2-5/h2*2-3,6-11H,4-5H2,1H3,(H,28,31)(H2,24,25,26,27,30);2-6H,1H3,(H,17,19);3-5H,1-2H2,(H3,9,10,11,12,13). The molecule has 0 radical (unpaired) electrons. The molecule has 10 N–H and O–H groups in total. The minimum Gasteiger partial charge on any atom is -0.384 e. The average molecular weight is 1440 g/mol. The summed E-state index contributed by atoms with van der Waals surface area (Å²) >= 11 is 22.1.